The predicted octanol–water partition coefficient (Wildman–Crippen LogP) is 3.53. The van der Waals surface area contributed by atoms with E-state index >= 15 is 0 Å². The van der Waals surface area contributed by atoms with Crippen LogP contribution < -0.4 is 11.1 Å². The number of rotatable bonds is 5. The second-order valence-electron chi connectivity index (χ2n) is 5.65. The molecular formula is C16H17ClF3N7. The zero-order chi connectivity index (χ0) is 18.8. The average molecular weight is 400 g/mol. The van der Waals surface area contributed by atoms with Crippen molar-refractivity contribution in [2.45, 2.75) is 19.4 Å². The number of alkyl halides is 2. The summed E-state index contributed by atoms with van der Waals surface area (Å²) >= 11 is 0. The number of aryl methyl sites for hydroxylation is 1. The molecule has 1 unspecified atom stereocenters. The highest BCUT2D eigenvalue weighted by Gasteiger charge is 2.24. The number of nitrogens with two attached hydrogens (primary N) is 1. The van der Waals surface area contributed by atoms with Crippen LogP contribution in [-0.2, 0) is 7.05 Å². The molecule has 0 radical (unpaired) electrons. The van der Waals surface area contributed by atoms with Gasteiger partial charge in [0.1, 0.15) is 12.1 Å². The van der Waals surface area contributed by atoms with Crippen LogP contribution in [0.3, 0.4) is 0 Å². The Balaban J connectivity index is 0.00000261. The monoisotopic (exact) mass is 399 g/mol. The molecule has 0 saturated carbocycles. The van der Waals surface area contributed by atoms with Gasteiger partial charge in [-0.25, -0.2) is 23.1 Å². The SMILES string of the molecule is CC(N)c1ccc(-c2ncnc(Nc3ccn(C)n3)n2)c(F)c1C(F)F.Cl. The summed E-state index contributed by atoms with van der Waals surface area (Å²) < 4.78 is 43.0. The number of nitrogens with zero attached hydrogens (tertiary/aromatic N) is 5. The third-order valence-electron chi connectivity index (χ3n) is 3.69. The zero-order valence-electron chi connectivity index (χ0n) is 14.4. The standard InChI is InChI=1S/C16H16F3N7.ClH/c1-8(20)9-3-4-10(13(17)12(9)14(18)19)15-21-7-22-16(24-15)23-11-5-6-26(2)25-11;/h3-8,14H,20H2,1-2H3,(H,21,22,23,24,25);1H. The number of aromatic nitrogens is 5. The van der Waals surface area contributed by atoms with Crippen LogP contribution in [0.5, 0.6) is 0 Å². The molecule has 144 valence electrons. The molecule has 1 aromatic carbocycles. The van der Waals surface area contributed by atoms with Crippen molar-refractivity contribution >= 4 is 24.2 Å². The van der Waals surface area contributed by atoms with Crippen LogP contribution >= 0.6 is 12.4 Å². The van der Waals surface area contributed by atoms with E-state index in [1.54, 1.807) is 24.0 Å². The van der Waals surface area contributed by atoms with Crippen molar-refractivity contribution in [3.63, 3.8) is 0 Å². The van der Waals surface area contributed by atoms with Gasteiger partial charge in [-0.2, -0.15) is 10.1 Å². The lowest BCUT2D eigenvalue weighted by molar-refractivity contribution is 0.144. The molecule has 0 spiro atoms. The summed E-state index contributed by atoms with van der Waals surface area (Å²) in [4.78, 5) is 11.9. The predicted molar refractivity (Wildman–Crippen MR) is 96.5 cm³/mol. The molecule has 0 saturated heterocycles. The summed E-state index contributed by atoms with van der Waals surface area (Å²) in [6.45, 7) is 1.51. The molecule has 11 heteroatoms. The fourth-order valence-corrected chi connectivity index (χ4v) is 2.48. The molecule has 2 heterocycles. The Bertz CT molecular complexity index is 930. The first-order valence-corrected chi connectivity index (χ1v) is 7.69. The second-order valence-corrected chi connectivity index (χ2v) is 5.65. The molecule has 0 amide bonds. The van der Waals surface area contributed by atoms with E-state index in [2.05, 4.69) is 25.4 Å². The van der Waals surface area contributed by atoms with Gasteiger partial charge >= 0.3 is 0 Å². The normalized spacial score (nSPS) is 12.0. The van der Waals surface area contributed by atoms with Gasteiger partial charge in [-0.05, 0) is 18.6 Å². The number of anilines is 2. The Kier molecular flexibility index (Phi) is 6.34. The van der Waals surface area contributed by atoms with Crippen LogP contribution in [0.2, 0.25) is 0 Å². The minimum Gasteiger partial charge on any atom is -0.324 e. The number of hydrogen-bond acceptors (Lipinski definition) is 6. The molecule has 3 N–H and O–H groups in total. The van der Waals surface area contributed by atoms with E-state index in [4.69, 9.17) is 5.73 Å². The Hall–Kier alpha value is -2.72. The minimum absolute atomic E-state index is 0. The maximum absolute atomic E-state index is 14.7. The van der Waals surface area contributed by atoms with Gasteiger partial charge < -0.3 is 11.1 Å². The first-order valence-electron chi connectivity index (χ1n) is 7.69. The maximum atomic E-state index is 14.7. The van der Waals surface area contributed by atoms with Gasteiger partial charge in [0.05, 0.1) is 11.1 Å². The number of halogens is 4. The molecule has 0 bridgehead atoms. The fourth-order valence-electron chi connectivity index (χ4n) is 2.48. The van der Waals surface area contributed by atoms with E-state index in [0.717, 1.165) is 6.33 Å². The van der Waals surface area contributed by atoms with E-state index in [1.165, 1.54) is 19.1 Å². The maximum Gasteiger partial charge on any atom is 0.267 e. The molecule has 3 rings (SSSR count). The van der Waals surface area contributed by atoms with Gasteiger partial charge in [0, 0.05) is 25.4 Å². The first-order chi connectivity index (χ1) is 12.4. The highest BCUT2D eigenvalue weighted by atomic mass is 35.5. The highest BCUT2D eigenvalue weighted by Crippen LogP contribution is 2.34. The van der Waals surface area contributed by atoms with E-state index in [1.807, 2.05) is 0 Å². The lowest BCUT2D eigenvalue weighted by Gasteiger charge is -2.15. The van der Waals surface area contributed by atoms with Crippen molar-refractivity contribution in [2.24, 2.45) is 12.8 Å². The van der Waals surface area contributed by atoms with Crippen LogP contribution in [0.15, 0.2) is 30.7 Å². The van der Waals surface area contributed by atoms with Crippen molar-refractivity contribution in [3.8, 4) is 11.4 Å². The van der Waals surface area contributed by atoms with Crippen molar-refractivity contribution in [2.75, 3.05) is 5.32 Å². The summed E-state index contributed by atoms with van der Waals surface area (Å²) in [6, 6.07) is 3.65. The van der Waals surface area contributed by atoms with Crippen LogP contribution in [0.1, 0.15) is 30.5 Å². The molecule has 7 nitrogen and oxygen atoms in total. The third-order valence-corrected chi connectivity index (χ3v) is 3.69. The second kappa shape index (κ2) is 8.31. The number of nitrogens with one attached hydrogen (secondary N) is 1. The Morgan fingerprint density at radius 2 is 1.93 bits per heavy atom. The number of benzene rings is 1. The topological polar surface area (TPSA) is 94.5 Å². The van der Waals surface area contributed by atoms with Crippen LogP contribution in [0.4, 0.5) is 24.9 Å². The molecule has 0 aliphatic heterocycles. The molecular weight excluding hydrogens is 383 g/mol. The van der Waals surface area contributed by atoms with E-state index in [9.17, 15) is 13.2 Å². The largest absolute Gasteiger partial charge is 0.324 e. The van der Waals surface area contributed by atoms with Crippen LogP contribution in [0.25, 0.3) is 11.4 Å². The van der Waals surface area contributed by atoms with Gasteiger partial charge in [-0.15, -0.1) is 12.4 Å². The smallest absolute Gasteiger partial charge is 0.267 e. The fraction of sp³-hybridized carbons (Fsp3) is 0.250. The summed E-state index contributed by atoms with van der Waals surface area (Å²) in [7, 11) is 1.74. The lowest BCUT2D eigenvalue weighted by atomic mass is 9.98. The quantitative estimate of drug-likeness (QED) is 0.681. The van der Waals surface area contributed by atoms with Crippen molar-refractivity contribution in [1.82, 2.24) is 24.7 Å². The third kappa shape index (κ3) is 4.34. The van der Waals surface area contributed by atoms with E-state index in [0.29, 0.717) is 5.82 Å². The summed E-state index contributed by atoms with van der Waals surface area (Å²) in [6.07, 6.45) is -0.135. The van der Waals surface area contributed by atoms with Gasteiger partial charge in [0.2, 0.25) is 5.95 Å². The molecule has 27 heavy (non-hydrogen) atoms. The van der Waals surface area contributed by atoms with Crippen LogP contribution in [-0.4, -0.2) is 24.7 Å². The van der Waals surface area contributed by atoms with Crippen molar-refractivity contribution in [3.05, 3.63) is 47.7 Å². The Labute approximate surface area is 159 Å². The van der Waals surface area contributed by atoms with Crippen molar-refractivity contribution < 1.29 is 13.2 Å². The highest BCUT2D eigenvalue weighted by molar-refractivity contribution is 5.85. The molecule has 1 atom stereocenters. The molecule has 0 aliphatic carbocycles. The summed E-state index contributed by atoms with van der Waals surface area (Å²) in [5.41, 5.74) is 4.81. The van der Waals surface area contributed by atoms with Crippen molar-refractivity contribution in [1.29, 1.82) is 0 Å². The van der Waals surface area contributed by atoms with Gasteiger partial charge in [0.15, 0.2) is 11.6 Å². The summed E-state index contributed by atoms with van der Waals surface area (Å²) in [5, 5.41) is 6.95. The first kappa shape index (κ1) is 20.6. The van der Waals surface area contributed by atoms with E-state index in [-0.39, 0.29) is 35.3 Å². The van der Waals surface area contributed by atoms with Crippen LogP contribution in [0, 0.1) is 5.82 Å². The Morgan fingerprint density at radius 3 is 2.52 bits per heavy atom. The van der Waals surface area contributed by atoms with E-state index < -0.39 is 23.8 Å². The average Bonchev–Trinajstić information content (AvgIpc) is 2.99. The summed E-state index contributed by atoms with van der Waals surface area (Å²) in [5.74, 6) is -0.576. The van der Waals surface area contributed by atoms with Gasteiger partial charge in [-0.1, -0.05) is 6.07 Å². The lowest BCUT2D eigenvalue weighted by Crippen LogP contribution is -2.11. The number of hydrogen-bond donors (Lipinski definition) is 2. The molecule has 3 aromatic rings. The van der Waals surface area contributed by atoms with Gasteiger partial charge in [0.25, 0.3) is 6.43 Å². The molecule has 0 fully saturated rings. The Morgan fingerprint density at radius 1 is 1.19 bits per heavy atom. The minimum atomic E-state index is -3.01. The molecule has 0 aliphatic rings. The van der Waals surface area contributed by atoms with Gasteiger partial charge in [-0.3, -0.25) is 4.68 Å². The zero-order valence-corrected chi connectivity index (χ0v) is 15.2. The molecule has 2 aromatic heterocycles.